The van der Waals surface area contributed by atoms with Gasteiger partial charge in [-0.15, -0.1) is 0 Å². The van der Waals surface area contributed by atoms with Gasteiger partial charge in [0.1, 0.15) is 5.76 Å². The van der Waals surface area contributed by atoms with Gasteiger partial charge in [0.15, 0.2) is 0 Å². The lowest BCUT2D eigenvalue weighted by Crippen LogP contribution is -2.34. The molecule has 0 radical (unpaired) electrons. The Kier molecular flexibility index (Phi) is 4.33. The summed E-state index contributed by atoms with van der Waals surface area (Å²) in [6, 6.07) is 6.48. The molecule has 3 heterocycles. The van der Waals surface area contributed by atoms with Gasteiger partial charge in [-0.25, -0.2) is 10.1 Å². The summed E-state index contributed by atoms with van der Waals surface area (Å²) in [5.74, 6) is 0.631. The molecule has 1 aromatic rings. The van der Waals surface area contributed by atoms with E-state index in [0.717, 1.165) is 12.8 Å². The van der Waals surface area contributed by atoms with Crippen molar-refractivity contribution in [3.8, 4) is 6.07 Å². The Labute approximate surface area is 153 Å². The summed E-state index contributed by atoms with van der Waals surface area (Å²) in [4.78, 5) is 5.79. The summed E-state index contributed by atoms with van der Waals surface area (Å²) in [7, 11) is 0. The molecule has 0 aliphatic carbocycles. The van der Waals surface area contributed by atoms with Gasteiger partial charge in [0.05, 0.1) is 18.9 Å². The van der Waals surface area contributed by atoms with E-state index in [-0.39, 0.29) is 5.70 Å². The van der Waals surface area contributed by atoms with Crippen LogP contribution < -0.4 is 4.90 Å². The highest BCUT2D eigenvalue weighted by molar-refractivity contribution is 5.68. The van der Waals surface area contributed by atoms with E-state index in [1.54, 1.807) is 12.2 Å². The SMILES string of the molecule is [C-]#[N+]C(C#N)=C1C=COC(C=Cc2cc3c4c(c2)CCCN4CCC3)=C1. The summed E-state index contributed by atoms with van der Waals surface area (Å²) >= 11 is 0. The van der Waals surface area contributed by atoms with Crippen molar-refractivity contribution in [3.63, 3.8) is 0 Å². The average molecular weight is 341 g/mol. The second kappa shape index (κ2) is 6.94. The maximum absolute atomic E-state index is 9.02. The zero-order chi connectivity index (χ0) is 17.9. The lowest BCUT2D eigenvalue weighted by atomic mass is 9.90. The van der Waals surface area contributed by atoms with E-state index < -0.39 is 0 Å². The van der Waals surface area contributed by atoms with E-state index in [1.807, 2.05) is 12.1 Å². The Morgan fingerprint density at radius 1 is 1.19 bits per heavy atom. The molecule has 0 spiro atoms. The first-order valence-corrected chi connectivity index (χ1v) is 8.94. The molecule has 0 atom stereocenters. The van der Waals surface area contributed by atoms with Crippen molar-refractivity contribution < 1.29 is 4.74 Å². The van der Waals surface area contributed by atoms with Gasteiger partial charge in [0.25, 0.3) is 5.70 Å². The molecule has 3 aliphatic rings. The third kappa shape index (κ3) is 3.03. The highest BCUT2D eigenvalue weighted by Gasteiger charge is 2.23. The number of benzene rings is 1. The monoisotopic (exact) mass is 341 g/mol. The molecule has 0 saturated carbocycles. The number of rotatable bonds is 2. The van der Waals surface area contributed by atoms with Crippen molar-refractivity contribution in [2.24, 2.45) is 0 Å². The Morgan fingerprint density at radius 3 is 2.58 bits per heavy atom. The Hall–Kier alpha value is -3.24. The maximum atomic E-state index is 9.02. The number of ether oxygens (including phenoxy) is 1. The van der Waals surface area contributed by atoms with Crippen molar-refractivity contribution in [2.75, 3.05) is 18.0 Å². The zero-order valence-electron chi connectivity index (χ0n) is 14.5. The maximum Gasteiger partial charge on any atom is 0.269 e. The standard InChI is InChI=1S/C22H19N3O/c1-24-21(15-23)17-8-11-26-20(14-17)7-6-16-12-18-4-2-9-25-10-3-5-19(13-16)22(18)25/h6-8,11-14H,2-5,9-10H2. The third-order valence-corrected chi connectivity index (χ3v) is 5.04. The molecule has 0 fully saturated rings. The number of aryl methyl sites for hydroxylation is 2. The summed E-state index contributed by atoms with van der Waals surface area (Å²) in [6.07, 6.45) is 13.6. The molecule has 4 rings (SSSR count). The van der Waals surface area contributed by atoms with Gasteiger partial charge in [-0.2, -0.15) is 0 Å². The van der Waals surface area contributed by atoms with Crippen molar-refractivity contribution in [1.82, 2.24) is 0 Å². The van der Waals surface area contributed by atoms with Crippen LogP contribution in [-0.2, 0) is 17.6 Å². The van der Waals surface area contributed by atoms with E-state index in [2.05, 4.69) is 28.0 Å². The van der Waals surface area contributed by atoms with Crippen LogP contribution in [0.15, 0.2) is 53.7 Å². The largest absolute Gasteiger partial charge is 0.465 e. The minimum Gasteiger partial charge on any atom is -0.465 e. The van der Waals surface area contributed by atoms with E-state index in [0.29, 0.717) is 11.3 Å². The van der Waals surface area contributed by atoms with Crippen LogP contribution in [0.4, 0.5) is 5.69 Å². The van der Waals surface area contributed by atoms with Crippen LogP contribution in [-0.4, -0.2) is 13.1 Å². The second-order valence-corrected chi connectivity index (χ2v) is 6.71. The molecule has 4 heteroatoms. The third-order valence-electron chi connectivity index (χ3n) is 5.04. The first-order valence-electron chi connectivity index (χ1n) is 8.94. The predicted octanol–water partition coefficient (Wildman–Crippen LogP) is 4.52. The van der Waals surface area contributed by atoms with Crippen LogP contribution in [0.1, 0.15) is 29.5 Å². The summed E-state index contributed by atoms with van der Waals surface area (Å²) in [5.41, 5.74) is 6.21. The molecule has 0 unspecified atom stereocenters. The van der Waals surface area contributed by atoms with Gasteiger partial charge < -0.3 is 9.64 Å². The fourth-order valence-electron chi connectivity index (χ4n) is 3.92. The highest BCUT2D eigenvalue weighted by Crippen LogP contribution is 2.36. The number of allylic oxidation sites excluding steroid dienone is 5. The molecule has 1 aromatic carbocycles. The Morgan fingerprint density at radius 2 is 1.92 bits per heavy atom. The molecule has 128 valence electrons. The topological polar surface area (TPSA) is 40.6 Å². The van der Waals surface area contributed by atoms with Gasteiger partial charge in [-0.3, -0.25) is 0 Å². The van der Waals surface area contributed by atoms with Crippen molar-refractivity contribution >= 4 is 11.8 Å². The smallest absolute Gasteiger partial charge is 0.269 e. The molecule has 4 nitrogen and oxygen atoms in total. The Bertz CT molecular complexity index is 904. The van der Waals surface area contributed by atoms with Crippen LogP contribution in [0, 0.1) is 17.9 Å². The van der Waals surface area contributed by atoms with Gasteiger partial charge in [0, 0.05) is 18.8 Å². The molecule has 0 bridgehead atoms. The Balaban J connectivity index is 1.63. The zero-order valence-corrected chi connectivity index (χ0v) is 14.5. The fourth-order valence-corrected chi connectivity index (χ4v) is 3.92. The van der Waals surface area contributed by atoms with Gasteiger partial charge in [-0.05, 0) is 78.3 Å². The van der Waals surface area contributed by atoms with Crippen molar-refractivity contribution in [1.29, 1.82) is 5.26 Å². The number of nitrogens with zero attached hydrogens (tertiary/aromatic N) is 3. The van der Waals surface area contributed by atoms with E-state index >= 15 is 0 Å². The van der Waals surface area contributed by atoms with E-state index in [9.17, 15) is 0 Å². The fraction of sp³-hybridized carbons (Fsp3) is 0.273. The van der Waals surface area contributed by atoms with E-state index in [4.69, 9.17) is 16.6 Å². The van der Waals surface area contributed by atoms with Gasteiger partial charge in [-0.1, -0.05) is 6.08 Å². The number of hydrogen-bond acceptors (Lipinski definition) is 3. The minimum atomic E-state index is 0.0775. The first-order chi connectivity index (χ1) is 12.8. The van der Waals surface area contributed by atoms with Gasteiger partial charge in [0.2, 0.25) is 0 Å². The minimum absolute atomic E-state index is 0.0775. The second-order valence-electron chi connectivity index (χ2n) is 6.71. The number of anilines is 1. The lowest BCUT2D eigenvalue weighted by molar-refractivity contribution is 0.364. The normalized spacial score (nSPS) is 19.9. The molecule has 26 heavy (non-hydrogen) atoms. The molecular weight excluding hydrogens is 322 g/mol. The molecule has 0 saturated heterocycles. The molecular formula is C22H19N3O. The van der Waals surface area contributed by atoms with Crippen LogP contribution in [0.3, 0.4) is 0 Å². The molecule has 0 amide bonds. The average Bonchev–Trinajstić information content (AvgIpc) is 2.68. The number of hydrogen-bond donors (Lipinski definition) is 0. The summed E-state index contributed by atoms with van der Waals surface area (Å²) in [5, 5.41) is 9.02. The van der Waals surface area contributed by atoms with E-state index in [1.165, 1.54) is 54.6 Å². The summed E-state index contributed by atoms with van der Waals surface area (Å²) in [6.45, 7) is 9.43. The van der Waals surface area contributed by atoms with Crippen molar-refractivity contribution in [2.45, 2.75) is 25.7 Å². The highest BCUT2D eigenvalue weighted by atomic mass is 16.5. The first kappa shape index (κ1) is 16.2. The van der Waals surface area contributed by atoms with Crippen LogP contribution in [0.25, 0.3) is 10.9 Å². The van der Waals surface area contributed by atoms with Crippen molar-refractivity contribution in [3.05, 3.63) is 81.8 Å². The molecule has 0 N–H and O–H groups in total. The van der Waals surface area contributed by atoms with Crippen LogP contribution in [0.5, 0.6) is 0 Å². The predicted molar refractivity (Wildman–Crippen MR) is 102 cm³/mol. The quantitative estimate of drug-likeness (QED) is 0.586. The molecule has 0 aromatic heterocycles. The number of nitriles is 1. The lowest BCUT2D eigenvalue weighted by Gasteiger charge is -2.37. The molecule has 3 aliphatic heterocycles. The van der Waals surface area contributed by atoms with Crippen LogP contribution >= 0.6 is 0 Å². The van der Waals surface area contributed by atoms with Gasteiger partial charge >= 0.3 is 0 Å². The van der Waals surface area contributed by atoms with Crippen LogP contribution in [0.2, 0.25) is 0 Å². The summed E-state index contributed by atoms with van der Waals surface area (Å²) < 4.78 is 5.51.